The van der Waals surface area contributed by atoms with Crippen LogP contribution >= 0.6 is 11.6 Å². The first kappa shape index (κ1) is 20.4. The van der Waals surface area contributed by atoms with E-state index >= 15 is 0 Å². The molecule has 0 atom stereocenters. The van der Waals surface area contributed by atoms with Crippen molar-refractivity contribution in [2.45, 2.75) is 13.5 Å². The lowest BCUT2D eigenvalue weighted by Crippen LogP contribution is -2.24. The van der Waals surface area contributed by atoms with Crippen LogP contribution in [-0.2, 0) is 11.4 Å². The van der Waals surface area contributed by atoms with Gasteiger partial charge in [0.1, 0.15) is 18.1 Å². The normalized spacial score (nSPS) is 10.7. The number of aryl methyl sites for hydroxylation is 1. The molecule has 3 aromatic rings. The predicted octanol–water partition coefficient (Wildman–Crippen LogP) is 4.76. The molecule has 0 saturated carbocycles. The minimum atomic E-state index is -0.331. The number of rotatable bonds is 8. The number of benzene rings is 3. The van der Waals surface area contributed by atoms with E-state index in [-0.39, 0.29) is 12.5 Å². The summed E-state index contributed by atoms with van der Waals surface area (Å²) in [6, 6.07) is 22.4. The van der Waals surface area contributed by atoms with Gasteiger partial charge in [0.2, 0.25) is 0 Å². The summed E-state index contributed by atoms with van der Waals surface area (Å²) in [4.78, 5) is 11.8. The molecule has 0 unspecified atom stereocenters. The average Bonchev–Trinajstić information content (AvgIpc) is 2.73. The predicted molar refractivity (Wildman–Crippen MR) is 115 cm³/mol. The van der Waals surface area contributed by atoms with E-state index in [9.17, 15) is 4.79 Å². The number of ether oxygens (including phenoxy) is 2. The Kier molecular flexibility index (Phi) is 7.25. The molecule has 0 aliphatic heterocycles. The molecule has 0 aromatic heterocycles. The molecule has 1 amide bonds. The monoisotopic (exact) mass is 408 g/mol. The molecule has 0 aliphatic carbocycles. The maximum absolute atomic E-state index is 11.8. The van der Waals surface area contributed by atoms with Gasteiger partial charge in [-0.2, -0.15) is 5.10 Å². The van der Waals surface area contributed by atoms with E-state index in [1.165, 1.54) is 0 Å². The highest BCUT2D eigenvalue weighted by molar-refractivity contribution is 6.31. The third-order valence-corrected chi connectivity index (χ3v) is 4.36. The van der Waals surface area contributed by atoms with Crippen LogP contribution in [0.4, 0.5) is 0 Å². The van der Waals surface area contributed by atoms with Gasteiger partial charge in [0.15, 0.2) is 6.61 Å². The zero-order valence-corrected chi connectivity index (χ0v) is 16.7. The van der Waals surface area contributed by atoms with Crippen LogP contribution in [0, 0.1) is 6.92 Å². The molecule has 0 saturated heterocycles. The van der Waals surface area contributed by atoms with Crippen molar-refractivity contribution in [1.82, 2.24) is 5.43 Å². The van der Waals surface area contributed by atoms with Crippen LogP contribution < -0.4 is 14.9 Å². The molecule has 1 N–H and O–H groups in total. The molecule has 0 spiro atoms. The van der Waals surface area contributed by atoms with E-state index in [0.717, 1.165) is 22.4 Å². The van der Waals surface area contributed by atoms with Gasteiger partial charge in [-0.1, -0.05) is 41.9 Å². The number of carbonyl (C=O) groups is 1. The largest absolute Gasteiger partial charge is 0.489 e. The summed E-state index contributed by atoms with van der Waals surface area (Å²) in [5, 5.41) is 4.62. The summed E-state index contributed by atoms with van der Waals surface area (Å²) in [5.74, 6) is 1.04. The number of nitrogens with one attached hydrogen (secondary N) is 1. The van der Waals surface area contributed by atoms with Crippen LogP contribution in [-0.4, -0.2) is 18.7 Å². The Hall–Kier alpha value is -3.31. The van der Waals surface area contributed by atoms with E-state index in [2.05, 4.69) is 10.5 Å². The SMILES string of the molecule is Cc1cccc(OCC(=O)N/N=C\c2ccc(OCc3ccccc3Cl)cc2)c1. The summed E-state index contributed by atoms with van der Waals surface area (Å²) in [6.07, 6.45) is 1.56. The molecule has 0 fully saturated rings. The lowest BCUT2D eigenvalue weighted by molar-refractivity contribution is -0.123. The lowest BCUT2D eigenvalue weighted by Gasteiger charge is -2.08. The van der Waals surface area contributed by atoms with E-state index in [1.807, 2.05) is 73.7 Å². The maximum atomic E-state index is 11.8. The fraction of sp³-hybridized carbons (Fsp3) is 0.130. The van der Waals surface area contributed by atoms with Gasteiger partial charge in [-0.05, 0) is 60.5 Å². The van der Waals surface area contributed by atoms with Crippen LogP contribution in [0.15, 0.2) is 77.9 Å². The van der Waals surface area contributed by atoms with Gasteiger partial charge in [-0.25, -0.2) is 5.43 Å². The van der Waals surface area contributed by atoms with Crippen LogP contribution in [0.1, 0.15) is 16.7 Å². The Morgan fingerprint density at radius 2 is 1.79 bits per heavy atom. The van der Waals surface area contributed by atoms with E-state index in [1.54, 1.807) is 12.3 Å². The first-order chi connectivity index (χ1) is 14.1. The average molecular weight is 409 g/mol. The van der Waals surface area contributed by atoms with Gasteiger partial charge in [0.05, 0.1) is 6.21 Å². The van der Waals surface area contributed by atoms with Crippen molar-refractivity contribution in [3.8, 4) is 11.5 Å². The number of carbonyl (C=O) groups excluding carboxylic acids is 1. The molecule has 6 heteroatoms. The van der Waals surface area contributed by atoms with E-state index < -0.39 is 0 Å². The summed E-state index contributed by atoms with van der Waals surface area (Å²) in [7, 11) is 0. The molecular weight excluding hydrogens is 388 g/mol. The molecular formula is C23H21ClN2O3. The summed E-state index contributed by atoms with van der Waals surface area (Å²) >= 11 is 6.12. The second-order valence-corrected chi connectivity index (χ2v) is 6.75. The molecule has 0 bridgehead atoms. The Bertz CT molecular complexity index is 987. The summed E-state index contributed by atoms with van der Waals surface area (Å²) in [5.41, 5.74) is 5.27. The van der Waals surface area contributed by atoms with Crippen molar-refractivity contribution in [1.29, 1.82) is 0 Å². The molecule has 3 rings (SSSR count). The number of hydrazone groups is 1. The maximum Gasteiger partial charge on any atom is 0.277 e. The third kappa shape index (κ3) is 6.66. The number of hydrogen-bond acceptors (Lipinski definition) is 4. The van der Waals surface area contributed by atoms with Crippen molar-refractivity contribution in [2.75, 3.05) is 6.61 Å². The minimum Gasteiger partial charge on any atom is -0.489 e. The molecule has 5 nitrogen and oxygen atoms in total. The number of nitrogens with zero attached hydrogens (tertiary/aromatic N) is 1. The van der Waals surface area contributed by atoms with Crippen molar-refractivity contribution >= 4 is 23.7 Å². The molecule has 0 heterocycles. The second kappa shape index (κ2) is 10.3. The topological polar surface area (TPSA) is 59.9 Å². The smallest absolute Gasteiger partial charge is 0.277 e. The third-order valence-electron chi connectivity index (χ3n) is 3.99. The van der Waals surface area contributed by atoms with Gasteiger partial charge in [-0.3, -0.25) is 4.79 Å². The van der Waals surface area contributed by atoms with Crippen LogP contribution in [0.2, 0.25) is 5.02 Å². The fourth-order valence-electron chi connectivity index (χ4n) is 2.49. The van der Waals surface area contributed by atoms with Gasteiger partial charge in [0, 0.05) is 10.6 Å². The first-order valence-electron chi connectivity index (χ1n) is 9.08. The molecule has 29 heavy (non-hydrogen) atoms. The fourth-order valence-corrected chi connectivity index (χ4v) is 2.68. The minimum absolute atomic E-state index is 0.102. The molecule has 0 radical (unpaired) electrons. The standard InChI is InChI=1S/C23H21ClN2O3/c1-17-5-4-7-21(13-17)29-16-23(27)26-25-14-18-9-11-20(12-10-18)28-15-19-6-2-3-8-22(19)24/h2-14H,15-16H2,1H3,(H,26,27)/b25-14-. The van der Waals surface area contributed by atoms with Crippen molar-refractivity contribution < 1.29 is 14.3 Å². The highest BCUT2D eigenvalue weighted by atomic mass is 35.5. The van der Waals surface area contributed by atoms with Crippen molar-refractivity contribution in [3.05, 3.63) is 94.5 Å². The van der Waals surface area contributed by atoms with Crippen molar-refractivity contribution in [2.24, 2.45) is 5.10 Å². The highest BCUT2D eigenvalue weighted by Crippen LogP contribution is 2.18. The van der Waals surface area contributed by atoms with E-state index in [4.69, 9.17) is 21.1 Å². The number of hydrogen-bond donors (Lipinski definition) is 1. The Morgan fingerprint density at radius 3 is 2.55 bits per heavy atom. The Balaban J connectivity index is 1.43. The first-order valence-corrected chi connectivity index (χ1v) is 9.45. The van der Waals surface area contributed by atoms with Gasteiger partial charge in [0.25, 0.3) is 5.91 Å². The molecule has 0 aliphatic rings. The summed E-state index contributed by atoms with van der Waals surface area (Å²) < 4.78 is 11.2. The zero-order chi connectivity index (χ0) is 20.5. The van der Waals surface area contributed by atoms with Crippen molar-refractivity contribution in [3.63, 3.8) is 0 Å². The lowest BCUT2D eigenvalue weighted by atomic mass is 10.2. The summed E-state index contributed by atoms with van der Waals surface area (Å²) in [6.45, 7) is 2.25. The Morgan fingerprint density at radius 1 is 1.00 bits per heavy atom. The Labute approximate surface area is 174 Å². The molecule has 148 valence electrons. The van der Waals surface area contributed by atoms with Crippen LogP contribution in [0.5, 0.6) is 11.5 Å². The van der Waals surface area contributed by atoms with Gasteiger partial charge in [-0.15, -0.1) is 0 Å². The zero-order valence-electron chi connectivity index (χ0n) is 16.0. The second-order valence-electron chi connectivity index (χ2n) is 6.35. The van der Waals surface area contributed by atoms with Gasteiger partial charge < -0.3 is 9.47 Å². The quantitative estimate of drug-likeness (QED) is 0.432. The molecule has 3 aromatic carbocycles. The number of halogens is 1. The van der Waals surface area contributed by atoms with E-state index in [0.29, 0.717) is 17.4 Å². The van der Waals surface area contributed by atoms with Crippen LogP contribution in [0.25, 0.3) is 0 Å². The number of amides is 1. The highest BCUT2D eigenvalue weighted by Gasteiger charge is 2.02. The van der Waals surface area contributed by atoms with Gasteiger partial charge >= 0.3 is 0 Å². The van der Waals surface area contributed by atoms with Crippen LogP contribution in [0.3, 0.4) is 0 Å².